The van der Waals surface area contributed by atoms with Crippen molar-refractivity contribution in [2.45, 2.75) is 13.0 Å². The van der Waals surface area contributed by atoms with Crippen LogP contribution in [0.15, 0.2) is 36.8 Å². The summed E-state index contributed by atoms with van der Waals surface area (Å²) in [6.07, 6.45) is 4.93. The molecule has 0 aromatic carbocycles. The molecule has 8 nitrogen and oxygen atoms in total. The van der Waals surface area contributed by atoms with Crippen molar-refractivity contribution in [2.75, 3.05) is 19.7 Å². The summed E-state index contributed by atoms with van der Waals surface area (Å²) in [5.41, 5.74) is 2.98. The van der Waals surface area contributed by atoms with Crippen LogP contribution in [0.4, 0.5) is 0 Å². The molecule has 8 heteroatoms. The molecule has 0 saturated carbocycles. The summed E-state index contributed by atoms with van der Waals surface area (Å²) >= 11 is 0. The van der Waals surface area contributed by atoms with E-state index in [0.29, 0.717) is 31.1 Å². The van der Waals surface area contributed by atoms with Crippen LogP contribution >= 0.6 is 0 Å². The highest BCUT2D eigenvalue weighted by Gasteiger charge is 2.28. The summed E-state index contributed by atoms with van der Waals surface area (Å²) in [7, 11) is 0. The Morgan fingerprint density at radius 3 is 3.08 bits per heavy atom. The van der Waals surface area contributed by atoms with Crippen LogP contribution < -0.4 is 0 Å². The lowest BCUT2D eigenvalue weighted by atomic mass is 10.2. The van der Waals surface area contributed by atoms with Gasteiger partial charge in [-0.15, -0.1) is 0 Å². The minimum atomic E-state index is -0.243. The predicted octanol–water partition coefficient (Wildman–Crippen LogP) is 1.72. The first kappa shape index (κ1) is 15.5. The van der Waals surface area contributed by atoms with Gasteiger partial charge in [0.2, 0.25) is 0 Å². The number of imidazole rings is 1. The van der Waals surface area contributed by atoms with Crippen molar-refractivity contribution in [3.05, 3.63) is 54.0 Å². The normalized spacial score (nSPS) is 17.6. The molecule has 1 saturated heterocycles. The fourth-order valence-corrected chi connectivity index (χ4v) is 2.86. The number of aromatic nitrogens is 5. The Kier molecular flexibility index (Phi) is 4.02. The molecule has 2 N–H and O–H groups in total. The highest BCUT2D eigenvalue weighted by Crippen LogP contribution is 2.22. The zero-order valence-corrected chi connectivity index (χ0v) is 13.8. The number of pyridine rings is 1. The molecule has 4 rings (SSSR count). The molecular weight excluding hydrogens is 320 g/mol. The lowest BCUT2D eigenvalue weighted by molar-refractivity contribution is -0.0266. The summed E-state index contributed by atoms with van der Waals surface area (Å²) in [6, 6.07) is 5.49. The maximum atomic E-state index is 12.8. The molecule has 4 heterocycles. The SMILES string of the molecule is Cc1cnc([C@H]2CN(C(=O)c3cc(-c4cccnc4)n[nH]3)CCO2)[nH]1. The summed E-state index contributed by atoms with van der Waals surface area (Å²) in [5.74, 6) is 0.648. The van der Waals surface area contributed by atoms with Crippen molar-refractivity contribution in [3.8, 4) is 11.3 Å². The molecule has 1 aliphatic heterocycles. The first-order chi connectivity index (χ1) is 12.2. The number of nitrogens with zero attached hydrogens (tertiary/aromatic N) is 4. The van der Waals surface area contributed by atoms with E-state index in [2.05, 4.69) is 25.1 Å². The van der Waals surface area contributed by atoms with Gasteiger partial charge in [-0.3, -0.25) is 14.9 Å². The van der Waals surface area contributed by atoms with Gasteiger partial charge in [0.15, 0.2) is 0 Å². The molecule has 0 bridgehead atoms. The van der Waals surface area contributed by atoms with Gasteiger partial charge in [0, 0.05) is 36.4 Å². The Labute approximate surface area is 144 Å². The number of H-pyrrole nitrogens is 2. The Morgan fingerprint density at radius 1 is 1.40 bits per heavy atom. The molecule has 25 heavy (non-hydrogen) atoms. The summed E-state index contributed by atoms with van der Waals surface area (Å²) < 4.78 is 5.75. The third kappa shape index (κ3) is 3.16. The first-order valence-corrected chi connectivity index (χ1v) is 8.09. The second-order valence-electron chi connectivity index (χ2n) is 5.97. The van der Waals surface area contributed by atoms with Gasteiger partial charge in [-0.05, 0) is 25.1 Å². The fourth-order valence-electron chi connectivity index (χ4n) is 2.86. The Hall–Kier alpha value is -3.00. The average molecular weight is 338 g/mol. The largest absolute Gasteiger partial charge is 0.367 e. The van der Waals surface area contributed by atoms with Gasteiger partial charge in [0.1, 0.15) is 17.6 Å². The molecule has 128 valence electrons. The molecule has 1 amide bonds. The molecule has 3 aromatic heterocycles. The number of hydrogen-bond acceptors (Lipinski definition) is 5. The van der Waals surface area contributed by atoms with Crippen molar-refractivity contribution in [2.24, 2.45) is 0 Å². The van der Waals surface area contributed by atoms with Gasteiger partial charge in [-0.1, -0.05) is 0 Å². The van der Waals surface area contributed by atoms with Crippen LogP contribution in [0.25, 0.3) is 11.3 Å². The average Bonchev–Trinajstić information content (AvgIpc) is 3.31. The van der Waals surface area contributed by atoms with Gasteiger partial charge < -0.3 is 14.6 Å². The highest BCUT2D eigenvalue weighted by molar-refractivity contribution is 5.93. The molecule has 0 aliphatic carbocycles. The van der Waals surface area contributed by atoms with Gasteiger partial charge >= 0.3 is 0 Å². The molecule has 0 spiro atoms. The summed E-state index contributed by atoms with van der Waals surface area (Å²) in [4.78, 5) is 26.1. The smallest absolute Gasteiger partial charge is 0.272 e. The lowest BCUT2D eigenvalue weighted by Crippen LogP contribution is -2.42. The third-order valence-electron chi connectivity index (χ3n) is 4.15. The van der Waals surface area contributed by atoms with Crippen LogP contribution in [0, 0.1) is 6.92 Å². The van der Waals surface area contributed by atoms with Crippen molar-refractivity contribution in [1.82, 2.24) is 30.0 Å². The van der Waals surface area contributed by atoms with E-state index >= 15 is 0 Å². The van der Waals surface area contributed by atoms with Crippen LogP contribution in [0.3, 0.4) is 0 Å². The van der Waals surface area contributed by atoms with E-state index in [9.17, 15) is 4.79 Å². The number of rotatable bonds is 3. The number of ether oxygens (including phenoxy) is 1. The van der Waals surface area contributed by atoms with E-state index in [4.69, 9.17) is 4.74 Å². The topological polar surface area (TPSA) is 99.8 Å². The second kappa shape index (κ2) is 6.48. The van der Waals surface area contributed by atoms with E-state index in [-0.39, 0.29) is 12.0 Å². The molecule has 0 radical (unpaired) electrons. The molecule has 1 aliphatic rings. The number of carbonyl (C=O) groups is 1. The quantitative estimate of drug-likeness (QED) is 0.757. The van der Waals surface area contributed by atoms with Crippen LogP contribution in [-0.4, -0.2) is 55.7 Å². The number of aryl methyl sites for hydroxylation is 1. The van der Waals surface area contributed by atoms with Crippen molar-refractivity contribution < 1.29 is 9.53 Å². The molecule has 3 aromatic rings. The number of aromatic amines is 2. The van der Waals surface area contributed by atoms with Crippen molar-refractivity contribution in [1.29, 1.82) is 0 Å². The van der Waals surface area contributed by atoms with Crippen molar-refractivity contribution >= 4 is 5.91 Å². The molecule has 1 fully saturated rings. The summed E-state index contributed by atoms with van der Waals surface area (Å²) in [5, 5.41) is 7.05. The van der Waals surface area contributed by atoms with Crippen LogP contribution in [0.2, 0.25) is 0 Å². The van der Waals surface area contributed by atoms with Gasteiger partial charge in [0.25, 0.3) is 5.91 Å². The van der Waals surface area contributed by atoms with E-state index in [1.165, 1.54) is 0 Å². The van der Waals surface area contributed by atoms with E-state index in [1.54, 1.807) is 29.6 Å². The zero-order valence-electron chi connectivity index (χ0n) is 13.8. The molecular formula is C17H18N6O2. The minimum Gasteiger partial charge on any atom is -0.367 e. The molecule has 0 unspecified atom stereocenters. The number of carbonyl (C=O) groups excluding carboxylic acids is 1. The van der Waals surface area contributed by atoms with E-state index in [1.807, 2.05) is 19.1 Å². The van der Waals surface area contributed by atoms with Crippen LogP contribution in [0.1, 0.15) is 28.1 Å². The lowest BCUT2D eigenvalue weighted by Gasteiger charge is -2.31. The van der Waals surface area contributed by atoms with E-state index < -0.39 is 0 Å². The van der Waals surface area contributed by atoms with E-state index in [0.717, 1.165) is 17.1 Å². The maximum absolute atomic E-state index is 12.8. The number of hydrogen-bond donors (Lipinski definition) is 2. The third-order valence-corrected chi connectivity index (χ3v) is 4.15. The summed E-state index contributed by atoms with van der Waals surface area (Å²) in [6.45, 7) is 3.40. The first-order valence-electron chi connectivity index (χ1n) is 8.09. The number of morpholine rings is 1. The zero-order chi connectivity index (χ0) is 17.2. The standard InChI is InChI=1S/C17H18N6O2/c1-11-8-19-16(20-11)15-10-23(5-6-25-15)17(24)14-7-13(21-22-14)12-3-2-4-18-9-12/h2-4,7-9,15H,5-6,10H2,1H3,(H,19,20)(H,21,22)/t15-/m1/s1. The van der Waals surface area contributed by atoms with Gasteiger partial charge in [0.05, 0.1) is 18.8 Å². The van der Waals surface area contributed by atoms with Crippen LogP contribution in [0.5, 0.6) is 0 Å². The fraction of sp³-hybridized carbons (Fsp3) is 0.294. The number of amides is 1. The van der Waals surface area contributed by atoms with Gasteiger partial charge in [-0.25, -0.2) is 4.98 Å². The number of nitrogens with one attached hydrogen (secondary N) is 2. The Bertz CT molecular complexity index is 872. The maximum Gasteiger partial charge on any atom is 0.272 e. The molecule has 1 atom stereocenters. The predicted molar refractivity (Wildman–Crippen MR) is 89.7 cm³/mol. The monoisotopic (exact) mass is 338 g/mol. The van der Waals surface area contributed by atoms with Crippen molar-refractivity contribution in [3.63, 3.8) is 0 Å². The second-order valence-corrected chi connectivity index (χ2v) is 5.97. The van der Waals surface area contributed by atoms with Gasteiger partial charge in [-0.2, -0.15) is 5.10 Å². The highest BCUT2D eigenvalue weighted by atomic mass is 16.5. The van der Waals surface area contributed by atoms with Crippen LogP contribution in [-0.2, 0) is 4.74 Å². The minimum absolute atomic E-state index is 0.0979. The Balaban J connectivity index is 1.50. The Morgan fingerprint density at radius 2 is 2.32 bits per heavy atom.